The van der Waals surface area contributed by atoms with Crippen LogP contribution in [0.5, 0.6) is 5.88 Å². The van der Waals surface area contributed by atoms with Gasteiger partial charge in [-0.1, -0.05) is 13.0 Å². The summed E-state index contributed by atoms with van der Waals surface area (Å²) < 4.78 is 10.8. The summed E-state index contributed by atoms with van der Waals surface area (Å²) in [5, 5.41) is 3.31. The first kappa shape index (κ1) is 12.6. The second-order valence-electron chi connectivity index (χ2n) is 4.01. The van der Waals surface area contributed by atoms with Crippen LogP contribution in [0.1, 0.15) is 24.8 Å². The van der Waals surface area contributed by atoms with E-state index in [9.17, 15) is 0 Å². The number of furan rings is 1. The molecule has 0 aliphatic carbocycles. The van der Waals surface area contributed by atoms with Crippen LogP contribution >= 0.6 is 0 Å². The van der Waals surface area contributed by atoms with Crippen LogP contribution in [-0.4, -0.2) is 11.5 Å². The molecule has 0 bridgehead atoms. The minimum absolute atomic E-state index is 0.409. The molecular formula is C14H18N2O2. The number of rotatable bonds is 7. The third-order valence-corrected chi connectivity index (χ3v) is 2.46. The zero-order chi connectivity index (χ0) is 12.6. The molecule has 0 radical (unpaired) electrons. The first-order valence-electron chi connectivity index (χ1n) is 6.20. The van der Waals surface area contributed by atoms with Crippen molar-refractivity contribution in [1.29, 1.82) is 0 Å². The summed E-state index contributed by atoms with van der Waals surface area (Å²) in [5.74, 6) is 1.42. The monoisotopic (exact) mass is 246 g/mol. The summed E-state index contributed by atoms with van der Waals surface area (Å²) in [7, 11) is 0. The molecule has 2 aromatic rings. The van der Waals surface area contributed by atoms with Crippen molar-refractivity contribution < 1.29 is 9.15 Å². The van der Waals surface area contributed by atoms with Crippen molar-refractivity contribution in [3.8, 4) is 5.88 Å². The van der Waals surface area contributed by atoms with Crippen molar-refractivity contribution in [2.24, 2.45) is 0 Å². The van der Waals surface area contributed by atoms with E-state index in [1.165, 1.54) is 0 Å². The number of pyridine rings is 1. The highest BCUT2D eigenvalue weighted by Crippen LogP contribution is 2.10. The maximum atomic E-state index is 5.56. The second-order valence-corrected chi connectivity index (χ2v) is 4.01. The molecule has 0 fully saturated rings. The van der Waals surface area contributed by atoms with Crippen molar-refractivity contribution in [2.75, 3.05) is 6.54 Å². The van der Waals surface area contributed by atoms with Crippen LogP contribution in [0, 0.1) is 0 Å². The van der Waals surface area contributed by atoms with E-state index in [4.69, 9.17) is 9.15 Å². The average molecular weight is 246 g/mol. The third-order valence-electron chi connectivity index (χ3n) is 2.46. The number of ether oxygens (including phenoxy) is 1. The molecule has 2 aromatic heterocycles. The van der Waals surface area contributed by atoms with Crippen LogP contribution in [0.2, 0.25) is 0 Å². The van der Waals surface area contributed by atoms with Gasteiger partial charge < -0.3 is 14.5 Å². The second kappa shape index (κ2) is 6.81. The molecule has 0 aliphatic heterocycles. The van der Waals surface area contributed by atoms with Gasteiger partial charge in [-0.05, 0) is 31.2 Å². The van der Waals surface area contributed by atoms with E-state index in [2.05, 4.69) is 17.2 Å². The van der Waals surface area contributed by atoms with Crippen LogP contribution < -0.4 is 10.1 Å². The topological polar surface area (TPSA) is 47.3 Å². The number of hydrogen-bond donors (Lipinski definition) is 1. The molecule has 2 heterocycles. The van der Waals surface area contributed by atoms with Crippen LogP contribution in [0.15, 0.2) is 41.0 Å². The molecule has 4 nitrogen and oxygen atoms in total. The SMILES string of the molecule is CCCNCc1cccc(OCc2ccco2)n1. The van der Waals surface area contributed by atoms with Crippen molar-refractivity contribution in [3.63, 3.8) is 0 Å². The Morgan fingerprint density at radius 1 is 1.28 bits per heavy atom. The van der Waals surface area contributed by atoms with Gasteiger partial charge in [0.25, 0.3) is 0 Å². The lowest BCUT2D eigenvalue weighted by Crippen LogP contribution is -2.14. The number of nitrogens with zero attached hydrogens (tertiary/aromatic N) is 1. The van der Waals surface area contributed by atoms with Crippen LogP contribution in [0.3, 0.4) is 0 Å². The van der Waals surface area contributed by atoms with Crippen LogP contribution in [0.4, 0.5) is 0 Å². The van der Waals surface area contributed by atoms with E-state index < -0.39 is 0 Å². The lowest BCUT2D eigenvalue weighted by molar-refractivity contribution is 0.260. The van der Waals surface area contributed by atoms with Crippen LogP contribution in [-0.2, 0) is 13.2 Å². The van der Waals surface area contributed by atoms with Gasteiger partial charge >= 0.3 is 0 Å². The minimum atomic E-state index is 0.409. The maximum absolute atomic E-state index is 5.56. The minimum Gasteiger partial charge on any atom is -0.469 e. The molecule has 0 spiro atoms. The van der Waals surface area contributed by atoms with Crippen molar-refractivity contribution in [2.45, 2.75) is 26.5 Å². The summed E-state index contributed by atoms with van der Waals surface area (Å²) in [6.45, 7) is 4.32. The molecule has 1 N–H and O–H groups in total. The Hall–Kier alpha value is -1.81. The summed E-state index contributed by atoms with van der Waals surface area (Å²) >= 11 is 0. The van der Waals surface area contributed by atoms with E-state index in [-0.39, 0.29) is 0 Å². The number of aromatic nitrogens is 1. The zero-order valence-electron chi connectivity index (χ0n) is 10.6. The Labute approximate surface area is 107 Å². The zero-order valence-corrected chi connectivity index (χ0v) is 10.6. The van der Waals surface area contributed by atoms with Gasteiger partial charge in [0, 0.05) is 12.6 Å². The van der Waals surface area contributed by atoms with E-state index in [1.807, 2.05) is 30.3 Å². The Kier molecular flexibility index (Phi) is 4.78. The van der Waals surface area contributed by atoms with Crippen molar-refractivity contribution in [1.82, 2.24) is 10.3 Å². The van der Waals surface area contributed by atoms with E-state index in [0.717, 1.165) is 31.0 Å². The van der Waals surface area contributed by atoms with Gasteiger partial charge in [0.2, 0.25) is 5.88 Å². The van der Waals surface area contributed by atoms with Crippen LogP contribution in [0.25, 0.3) is 0 Å². The Morgan fingerprint density at radius 2 is 2.22 bits per heavy atom. The molecule has 0 aromatic carbocycles. The fraction of sp³-hybridized carbons (Fsp3) is 0.357. The summed E-state index contributed by atoms with van der Waals surface area (Å²) in [6.07, 6.45) is 2.76. The quantitative estimate of drug-likeness (QED) is 0.763. The van der Waals surface area contributed by atoms with Crippen molar-refractivity contribution in [3.05, 3.63) is 48.0 Å². The normalized spacial score (nSPS) is 10.5. The number of nitrogens with one attached hydrogen (secondary N) is 1. The van der Waals surface area contributed by atoms with Gasteiger partial charge in [-0.2, -0.15) is 0 Å². The molecule has 18 heavy (non-hydrogen) atoms. The third kappa shape index (κ3) is 3.89. The van der Waals surface area contributed by atoms with E-state index in [0.29, 0.717) is 12.5 Å². The largest absolute Gasteiger partial charge is 0.469 e. The fourth-order valence-electron chi connectivity index (χ4n) is 1.57. The van der Waals surface area contributed by atoms with Gasteiger partial charge in [0.05, 0.1) is 12.0 Å². The first-order valence-corrected chi connectivity index (χ1v) is 6.20. The molecule has 0 saturated carbocycles. The standard InChI is InChI=1S/C14H18N2O2/c1-2-8-15-10-12-5-3-7-14(16-12)18-11-13-6-4-9-17-13/h3-7,9,15H,2,8,10-11H2,1H3. The molecule has 2 rings (SSSR count). The highest BCUT2D eigenvalue weighted by molar-refractivity contribution is 5.16. The Morgan fingerprint density at radius 3 is 3.00 bits per heavy atom. The molecular weight excluding hydrogens is 228 g/mol. The maximum Gasteiger partial charge on any atom is 0.213 e. The fourth-order valence-corrected chi connectivity index (χ4v) is 1.57. The predicted molar refractivity (Wildman–Crippen MR) is 69.3 cm³/mol. The molecule has 0 amide bonds. The van der Waals surface area contributed by atoms with Gasteiger partial charge in [-0.25, -0.2) is 4.98 Å². The van der Waals surface area contributed by atoms with Gasteiger partial charge in [-0.15, -0.1) is 0 Å². The van der Waals surface area contributed by atoms with E-state index in [1.54, 1.807) is 6.26 Å². The smallest absolute Gasteiger partial charge is 0.213 e. The highest BCUT2D eigenvalue weighted by atomic mass is 16.5. The van der Waals surface area contributed by atoms with Gasteiger partial charge in [0.15, 0.2) is 0 Å². The number of hydrogen-bond acceptors (Lipinski definition) is 4. The molecule has 4 heteroatoms. The predicted octanol–water partition coefficient (Wildman–Crippen LogP) is 2.75. The average Bonchev–Trinajstić information content (AvgIpc) is 2.90. The lowest BCUT2D eigenvalue weighted by Gasteiger charge is -2.06. The highest BCUT2D eigenvalue weighted by Gasteiger charge is 2.01. The van der Waals surface area contributed by atoms with Gasteiger partial charge in [0.1, 0.15) is 12.4 Å². The molecule has 0 unspecified atom stereocenters. The summed E-state index contributed by atoms with van der Waals surface area (Å²) in [6, 6.07) is 9.52. The lowest BCUT2D eigenvalue weighted by atomic mass is 10.3. The molecule has 0 aliphatic rings. The molecule has 0 saturated heterocycles. The first-order chi connectivity index (χ1) is 8.88. The molecule has 96 valence electrons. The Bertz CT molecular complexity index is 455. The van der Waals surface area contributed by atoms with Gasteiger partial charge in [-0.3, -0.25) is 0 Å². The Balaban J connectivity index is 1.86. The van der Waals surface area contributed by atoms with Crippen molar-refractivity contribution >= 4 is 0 Å². The molecule has 0 atom stereocenters. The van der Waals surface area contributed by atoms with E-state index >= 15 is 0 Å². The summed E-state index contributed by atoms with van der Waals surface area (Å²) in [4.78, 5) is 4.42. The summed E-state index contributed by atoms with van der Waals surface area (Å²) in [5.41, 5.74) is 0.986.